The monoisotopic (exact) mass is 315 g/mol. The summed E-state index contributed by atoms with van der Waals surface area (Å²) in [6.45, 7) is 2.09. The lowest BCUT2D eigenvalue weighted by Gasteiger charge is -1.98. The molecule has 1 aromatic heterocycles. The average molecular weight is 316 g/mol. The van der Waals surface area contributed by atoms with Gasteiger partial charge in [-0.05, 0) is 24.6 Å². The van der Waals surface area contributed by atoms with Gasteiger partial charge < -0.3 is 10.7 Å². The maximum Gasteiger partial charge on any atom is 0.112 e. The van der Waals surface area contributed by atoms with E-state index in [1.807, 2.05) is 12.1 Å². The first-order valence-corrected chi connectivity index (χ1v) is 6.90. The summed E-state index contributed by atoms with van der Waals surface area (Å²) in [6, 6.07) is 12.4. The Bertz CT molecular complexity index is 729. The summed E-state index contributed by atoms with van der Waals surface area (Å²) in [5.41, 5.74) is 11.0. The Kier molecular flexibility index (Phi) is 3.03. The Morgan fingerprint density at radius 1 is 1.21 bits per heavy atom. The smallest absolute Gasteiger partial charge is 0.112 e. The van der Waals surface area contributed by atoms with Crippen molar-refractivity contribution in [2.24, 2.45) is 0 Å². The number of fused-ring (bicyclic) bond motifs is 1. The van der Waals surface area contributed by atoms with Gasteiger partial charge in [0.05, 0.1) is 11.2 Å². The molecule has 0 atom stereocenters. The Hall–Kier alpha value is -1.81. The summed E-state index contributed by atoms with van der Waals surface area (Å²) in [6.07, 6.45) is 0.784. The Morgan fingerprint density at radius 3 is 2.68 bits per heavy atom. The van der Waals surface area contributed by atoms with Crippen LogP contribution < -0.4 is 5.73 Å². The SMILES string of the molecule is Cc1ccc(Cc2nc3c(N)cc(Br)cc3[nH]2)cc1. The molecule has 3 aromatic rings. The van der Waals surface area contributed by atoms with Crippen molar-refractivity contribution >= 4 is 32.7 Å². The second kappa shape index (κ2) is 4.70. The molecule has 0 unspecified atom stereocenters. The summed E-state index contributed by atoms with van der Waals surface area (Å²) in [5.74, 6) is 0.934. The molecule has 0 amide bonds. The summed E-state index contributed by atoms with van der Waals surface area (Å²) in [7, 11) is 0. The summed E-state index contributed by atoms with van der Waals surface area (Å²) < 4.78 is 0.961. The standard InChI is InChI=1S/C15H14BrN3/c1-9-2-4-10(5-3-9)6-14-18-13-8-11(16)7-12(17)15(13)19-14/h2-5,7-8H,6,17H2,1H3,(H,18,19). The topological polar surface area (TPSA) is 54.7 Å². The minimum absolute atomic E-state index is 0.691. The van der Waals surface area contributed by atoms with E-state index in [9.17, 15) is 0 Å². The van der Waals surface area contributed by atoms with E-state index in [0.29, 0.717) is 5.69 Å². The van der Waals surface area contributed by atoms with Gasteiger partial charge >= 0.3 is 0 Å². The number of imidazole rings is 1. The van der Waals surface area contributed by atoms with Crippen molar-refractivity contribution in [2.45, 2.75) is 13.3 Å². The van der Waals surface area contributed by atoms with Crippen LogP contribution in [0.3, 0.4) is 0 Å². The average Bonchev–Trinajstić information content (AvgIpc) is 2.75. The Morgan fingerprint density at radius 2 is 1.95 bits per heavy atom. The first-order chi connectivity index (χ1) is 9.11. The lowest BCUT2D eigenvalue weighted by Crippen LogP contribution is -1.90. The van der Waals surface area contributed by atoms with Crippen LogP contribution in [0.15, 0.2) is 40.9 Å². The van der Waals surface area contributed by atoms with Crippen LogP contribution in [0.5, 0.6) is 0 Å². The van der Waals surface area contributed by atoms with Crippen LogP contribution in [0, 0.1) is 6.92 Å². The quantitative estimate of drug-likeness (QED) is 0.706. The predicted octanol–water partition coefficient (Wildman–Crippen LogP) is 3.81. The molecule has 3 nitrogen and oxygen atoms in total. The molecule has 0 fully saturated rings. The van der Waals surface area contributed by atoms with Crippen molar-refractivity contribution in [1.82, 2.24) is 9.97 Å². The molecule has 0 bridgehead atoms. The number of nitrogens with zero attached hydrogens (tertiary/aromatic N) is 1. The van der Waals surface area contributed by atoms with E-state index in [0.717, 1.165) is 27.8 Å². The number of aromatic nitrogens is 2. The van der Waals surface area contributed by atoms with Crippen molar-refractivity contribution in [3.05, 3.63) is 57.8 Å². The third-order valence-electron chi connectivity index (χ3n) is 3.12. The molecular weight excluding hydrogens is 302 g/mol. The molecule has 96 valence electrons. The van der Waals surface area contributed by atoms with Gasteiger partial charge in [-0.2, -0.15) is 0 Å². The van der Waals surface area contributed by atoms with E-state index < -0.39 is 0 Å². The fourth-order valence-electron chi connectivity index (χ4n) is 2.14. The summed E-state index contributed by atoms with van der Waals surface area (Å²) in [4.78, 5) is 7.89. The number of nitrogens with two attached hydrogens (primary N) is 1. The molecule has 2 aromatic carbocycles. The molecule has 0 spiro atoms. The van der Waals surface area contributed by atoms with E-state index in [4.69, 9.17) is 5.73 Å². The zero-order chi connectivity index (χ0) is 13.4. The van der Waals surface area contributed by atoms with Crippen LogP contribution in [0.25, 0.3) is 11.0 Å². The van der Waals surface area contributed by atoms with Crippen molar-refractivity contribution < 1.29 is 0 Å². The van der Waals surface area contributed by atoms with Crippen LogP contribution in [-0.4, -0.2) is 9.97 Å². The fraction of sp³-hybridized carbons (Fsp3) is 0.133. The zero-order valence-electron chi connectivity index (χ0n) is 10.6. The van der Waals surface area contributed by atoms with Crippen LogP contribution in [0.2, 0.25) is 0 Å². The molecule has 0 aliphatic heterocycles. The third-order valence-corrected chi connectivity index (χ3v) is 3.58. The second-order valence-electron chi connectivity index (χ2n) is 4.74. The molecule has 0 saturated heterocycles. The number of rotatable bonds is 2. The second-order valence-corrected chi connectivity index (χ2v) is 5.65. The number of hydrogen-bond donors (Lipinski definition) is 2. The van der Waals surface area contributed by atoms with Crippen molar-refractivity contribution in [3.8, 4) is 0 Å². The number of halogens is 1. The summed E-state index contributed by atoms with van der Waals surface area (Å²) >= 11 is 3.44. The van der Waals surface area contributed by atoms with Crippen LogP contribution in [-0.2, 0) is 6.42 Å². The van der Waals surface area contributed by atoms with Gasteiger partial charge in [-0.25, -0.2) is 4.98 Å². The lowest BCUT2D eigenvalue weighted by molar-refractivity contribution is 1.04. The van der Waals surface area contributed by atoms with E-state index in [2.05, 4.69) is 57.1 Å². The highest BCUT2D eigenvalue weighted by molar-refractivity contribution is 9.10. The first-order valence-electron chi connectivity index (χ1n) is 6.11. The Labute approximate surface area is 120 Å². The molecule has 0 radical (unpaired) electrons. The van der Waals surface area contributed by atoms with Crippen molar-refractivity contribution in [2.75, 3.05) is 5.73 Å². The van der Waals surface area contributed by atoms with Gasteiger partial charge in [0.15, 0.2) is 0 Å². The molecule has 0 saturated carbocycles. The number of hydrogen-bond acceptors (Lipinski definition) is 2. The zero-order valence-corrected chi connectivity index (χ0v) is 12.2. The summed E-state index contributed by atoms with van der Waals surface area (Å²) in [5, 5.41) is 0. The van der Waals surface area contributed by atoms with Crippen LogP contribution in [0.4, 0.5) is 5.69 Å². The van der Waals surface area contributed by atoms with Gasteiger partial charge in [0.25, 0.3) is 0 Å². The molecule has 4 heteroatoms. The predicted molar refractivity (Wildman–Crippen MR) is 82.2 cm³/mol. The van der Waals surface area contributed by atoms with Crippen molar-refractivity contribution in [3.63, 3.8) is 0 Å². The maximum atomic E-state index is 5.97. The highest BCUT2D eigenvalue weighted by Gasteiger charge is 2.07. The Balaban J connectivity index is 1.97. The molecular formula is C15H14BrN3. The number of nitrogens with one attached hydrogen (secondary N) is 1. The number of aromatic amines is 1. The van der Waals surface area contributed by atoms with E-state index in [1.165, 1.54) is 11.1 Å². The van der Waals surface area contributed by atoms with Gasteiger partial charge in [-0.1, -0.05) is 45.8 Å². The van der Waals surface area contributed by atoms with Gasteiger partial charge in [0.1, 0.15) is 11.3 Å². The molecule has 3 rings (SSSR count). The minimum Gasteiger partial charge on any atom is -0.397 e. The van der Waals surface area contributed by atoms with E-state index >= 15 is 0 Å². The first kappa shape index (κ1) is 12.2. The van der Waals surface area contributed by atoms with Gasteiger partial charge in [-0.3, -0.25) is 0 Å². The molecule has 0 aliphatic rings. The number of H-pyrrole nitrogens is 1. The normalized spacial score (nSPS) is 11.1. The molecule has 0 aliphatic carbocycles. The van der Waals surface area contributed by atoms with Gasteiger partial charge in [0, 0.05) is 10.9 Å². The fourth-order valence-corrected chi connectivity index (χ4v) is 2.62. The van der Waals surface area contributed by atoms with Gasteiger partial charge in [0.2, 0.25) is 0 Å². The molecule has 3 N–H and O–H groups in total. The molecule has 1 heterocycles. The number of anilines is 1. The number of nitrogen functional groups attached to an aromatic ring is 1. The highest BCUT2D eigenvalue weighted by atomic mass is 79.9. The highest BCUT2D eigenvalue weighted by Crippen LogP contribution is 2.25. The van der Waals surface area contributed by atoms with E-state index in [1.54, 1.807) is 0 Å². The largest absolute Gasteiger partial charge is 0.397 e. The minimum atomic E-state index is 0.691. The lowest BCUT2D eigenvalue weighted by atomic mass is 10.1. The number of aryl methyl sites for hydroxylation is 1. The third kappa shape index (κ3) is 2.49. The van der Waals surface area contributed by atoms with Gasteiger partial charge in [-0.15, -0.1) is 0 Å². The number of benzene rings is 2. The maximum absolute atomic E-state index is 5.97. The molecule has 19 heavy (non-hydrogen) atoms. The van der Waals surface area contributed by atoms with Crippen molar-refractivity contribution in [1.29, 1.82) is 0 Å². The van der Waals surface area contributed by atoms with Crippen LogP contribution >= 0.6 is 15.9 Å². The van der Waals surface area contributed by atoms with E-state index in [-0.39, 0.29) is 0 Å². The van der Waals surface area contributed by atoms with Crippen LogP contribution in [0.1, 0.15) is 17.0 Å².